The number of hydrogen-bond acceptors (Lipinski definition) is 9. The summed E-state index contributed by atoms with van der Waals surface area (Å²) >= 11 is 0. The number of amides is 7. The largest absolute Gasteiger partial charge is 0.497 e. The summed E-state index contributed by atoms with van der Waals surface area (Å²) in [7, 11) is 3.09. The molecule has 1 saturated heterocycles. The minimum absolute atomic E-state index is 0.0133. The number of aliphatic hydroxyl groups excluding tert-OH is 1. The molecule has 15 nitrogen and oxygen atoms in total. The van der Waals surface area contributed by atoms with E-state index in [1.165, 1.54) is 11.9 Å². The number of rotatable bonds is 26. The van der Waals surface area contributed by atoms with Gasteiger partial charge >= 0.3 is 0 Å². The maximum atomic E-state index is 14.5. The average molecular weight is 857 g/mol. The number of nitrogens with zero attached hydrogens (tertiary/aromatic N) is 2. The van der Waals surface area contributed by atoms with Gasteiger partial charge in [0.25, 0.3) is 0 Å². The number of imide groups is 1. The zero-order valence-corrected chi connectivity index (χ0v) is 38.5. The van der Waals surface area contributed by atoms with Gasteiger partial charge in [-0.15, -0.1) is 0 Å². The molecule has 0 bridgehead atoms. The van der Waals surface area contributed by atoms with Crippen LogP contribution < -0.4 is 26.0 Å². The van der Waals surface area contributed by atoms with Crippen molar-refractivity contribution in [2.75, 3.05) is 27.2 Å². The van der Waals surface area contributed by atoms with Crippen molar-refractivity contribution >= 4 is 41.4 Å². The first kappa shape index (κ1) is 52.6. The second-order valence-electron chi connectivity index (χ2n) is 18.3. The van der Waals surface area contributed by atoms with Gasteiger partial charge in [-0.3, -0.25) is 38.9 Å². The zero-order valence-electron chi connectivity index (χ0n) is 38.5. The van der Waals surface area contributed by atoms with Crippen molar-refractivity contribution in [3.8, 4) is 5.75 Å². The molecule has 0 unspecified atom stereocenters. The normalized spacial score (nSPS) is 15.9. The lowest BCUT2D eigenvalue weighted by Crippen LogP contribution is -2.59. The fourth-order valence-corrected chi connectivity index (χ4v) is 7.51. The van der Waals surface area contributed by atoms with Gasteiger partial charge in [-0.2, -0.15) is 0 Å². The molecule has 7 amide bonds. The van der Waals surface area contributed by atoms with E-state index in [0.717, 1.165) is 5.56 Å². The van der Waals surface area contributed by atoms with E-state index in [1.54, 1.807) is 24.1 Å². The van der Waals surface area contributed by atoms with Crippen LogP contribution in [0.5, 0.6) is 5.75 Å². The molecule has 1 aromatic rings. The fourth-order valence-electron chi connectivity index (χ4n) is 7.51. The van der Waals surface area contributed by atoms with Gasteiger partial charge < -0.3 is 35.6 Å². The van der Waals surface area contributed by atoms with E-state index in [2.05, 4.69) is 21.3 Å². The molecule has 0 aliphatic carbocycles. The van der Waals surface area contributed by atoms with E-state index in [9.17, 15) is 38.7 Å². The van der Waals surface area contributed by atoms with Crippen LogP contribution in [0.3, 0.4) is 0 Å². The molecule has 0 radical (unpaired) electrons. The van der Waals surface area contributed by atoms with Crippen LogP contribution in [0.15, 0.2) is 24.3 Å². The number of likely N-dealkylation sites (N-methyl/N-ethyl adjacent to an activating group) is 1. The molecule has 1 fully saturated rings. The molecule has 5 atom stereocenters. The molecule has 0 spiro atoms. The molecule has 0 saturated carbocycles. The summed E-state index contributed by atoms with van der Waals surface area (Å²) in [6.07, 6.45) is 3.11. The van der Waals surface area contributed by atoms with E-state index in [1.807, 2.05) is 67.5 Å². The average Bonchev–Trinajstić information content (AvgIpc) is 3.67. The summed E-state index contributed by atoms with van der Waals surface area (Å²) in [5, 5.41) is 22.4. The van der Waals surface area contributed by atoms with E-state index in [4.69, 9.17) is 4.74 Å². The summed E-state index contributed by atoms with van der Waals surface area (Å²) in [5.41, 5.74) is 0.757. The van der Waals surface area contributed by atoms with Gasteiger partial charge in [0.2, 0.25) is 41.4 Å². The number of carbonyl (C=O) groups excluding carboxylic acids is 7. The molecule has 1 aliphatic rings. The Kier molecular flexibility index (Phi) is 23.1. The molecule has 2 rings (SSSR count). The number of aliphatic hydroxyl groups is 1. The molecule has 61 heavy (non-hydrogen) atoms. The summed E-state index contributed by atoms with van der Waals surface area (Å²) in [5.74, 6) is -1.52. The SMILES string of the molecule is COc1ccc(C[C@H](NC(=O)[C@@H]2CCCN2C(=O)CC(C)C)C(=O)N(C)[C@@H](CC(C)C)C(=O)N[C@@H](CC(C)C)[C@@H](O)CC(=O)NCCCCCC(=O)NC(=O)CC(C)C)cc1. The summed E-state index contributed by atoms with van der Waals surface area (Å²) in [6, 6.07) is 3.63. The molecule has 1 aromatic carbocycles. The van der Waals surface area contributed by atoms with E-state index in [-0.39, 0.29) is 79.4 Å². The lowest BCUT2D eigenvalue weighted by molar-refractivity contribution is -0.144. The first-order chi connectivity index (χ1) is 28.7. The number of hydrogen-bond donors (Lipinski definition) is 5. The van der Waals surface area contributed by atoms with Crippen LogP contribution in [0, 0.1) is 23.7 Å². The number of carbonyl (C=O) groups is 7. The maximum absolute atomic E-state index is 14.5. The number of unbranched alkanes of at least 4 members (excludes halogenated alkanes) is 2. The topological polar surface area (TPSA) is 204 Å². The van der Waals surface area contributed by atoms with Crippen LogP contribution in [0.25, 0.3) is 0 Å². The zero-order chi connectivity index (χ0) is 45.8. The van der Waals surface area contributed by atoms with Gasteiger partial charge in [0, 0.05) is 45.8 Å². The molecule has 15 heteroatoms. The predicted molar refractivity (Wildman–Crippen MR) is 235 cm³/mol. The lowest BCUT2D eigenvalue weighted by atomic mass is 9.95. The Balaban J connectivity index is 2.17. The van der Waals surface area contributed by atoms with Crippen LogP contribution in [0.4, 0.5) is 0 Å². The van der Waals surface area contributed by atoms with Crippen molar-refractivity contribution in [3.05, 3.63) is 29.8 Å². The molecule has 5 N–H and O–H groups in total. The predicted octanol–water partition coefficient (Wildman–Crippen LogP) is 4.28. The summed E-state index contributed by atoms with van der Waals surface area (Å²) < 4.78 is 5.31. The Hall–Kier alpha value is -4.53. The monoisotopic (exact) mass is 857 g/mol. The summed E-state index contributed by atoms with van der Waals surface area (Å²) in [6.45, 7) is 16.3. The Labute approximate surface area is 364 Å². The van der Waals surface area contributed by atoms with Crippen LogP contribution in [-0.2, 0) is 40.0 Å². The standard InChI is InChI=1S/C46H76N6O9/c1-29(2)23-35(39(53)28-41(55)47-21-13-11-12-16-40(54)50-42(56)25-31(5)6)48-45(59)38(24-30(3)4)51(9)46(60)36(27-33-17-19-34(61-10)20-18-33)49-44(58)37-15-14-22-52(37)43(57)26-32(7)8/h17-20,29-32,35-39,53H,11-16,21-28H2,1-10H3,(H,47,55)(H,48,59)(H,49,58)(H,50,54,56)/t35-,36-,37-,38-,39-/m0/s1. The Bertz CT molecular complexity index is 1580. The number of ether oxygens (including phenoxy) is 1. The molecular weight excluding hydrogens is 781 g/mol. The van der Waals surface area contributed by atoms with Crippen molar-refractivity contribution < 1.29 is 43.4 Å². The first-order valence-corrected chi connectivity index (χ1v) is 22.3. The third kappa shape index (κ3) is 19.4. The second-order valence-corrected chi connectivity index (χ2v) is 18.3. The van der Waals surface area contributed by atoms with E-state index < -0.39 is 48.0 Å². The highest BCUT2D eigenvalue weighted by molar-refractivity contribution is 5.95. The minimum atomic E-state index is -1.21. The quantitative estimate of drug-likeness (QED) is 0.0844. The molecule has 0 aromatic heterocycles. The number of nitrogens with one attached hydrogen (secondary N) is 4. The number of benzene rings is 1. The molecule has 1 heterocycles. The van der Waals surface area contributed by atoms with E-state index >= 15 is 0 Å². The number of methoxy groups -OCH3 is 1. The Morgan fingerprint density at radius 1 is 0.787 bits per heavy atom. The maximum Gasteiger partial charge on any atom is 0.245 e. The van der Waals surface area contributed by atoms with Gasteiger partial charge in [0.05, 0.1) is 25.7 Å². The highest BCUT2D eigenvalue weighted by atomic mass is 16.5. The van der Waals surface area contributed by atoms with Crippen molar-refractivity contribution in [1.29, 1.82) is 0 Å². The molecule has 344 valence electrons. The van der Waals surface area contributed by atoms with Gasteiger partial charge in [-0.25, -0.2) is 0 Å². The first-order valence-electron chi connectivity index (χ1n) is 22.3. The smallest absolute Gasteiger partial charge is 0.245 e. The highest BCUT2D eigenvalue weighted by Crippen LogP contribution is 2.22. The third-order valence-electron chi connectivity index (χ3n) is 10.7. The summed E-state index contributed by atoms with van der Waals surface area (Å²) in [4.78, 5) is 95.4. The Morgan fingerprint density at radius 3 is 2.02 bits per heavy atom. The Morgan fingerprint density at radius 2 is 1.43 bits per heavy atom. The molecule has 1 aliphatic heterocycles. The van der Waals surface area contributed by atoms with Crippen molar-refractivity contribution in [1.82, 2.24) is 31.1 Å². The van der Waals surface area contributed by atoms with Gasteiger partial charge in [0.15, 0.2) is 0 Å². The minimum Gasteiger partial charge on any atom is -0.497 e. The van der Waals surface area contributed by atoms with Crippen LogP contribution >= 0.6 is 0 Å². The van der Waals surface area contributed by atoms with Crippen molar-refractivity contribution in [2.45, 2.75) is 163 Å². The highest BCUT2D eigenvalue weighted by Gasteiger charge is 2.39. The molecular formula is C46H76N6O9. The van der Waals surface area contributed by atoms with Crippen LogP contribution in [-0.4, -0.2) is 114 Å². The van der Waals surface area contributed by atoms with Gasteiger partial charge in [-0.1, -0.05) is 73.9 Å². The van der Waals surface area contributed by atoms with E-state index in [0.29, 0.717) is 63.8 Å². The third-order valence-corrected chi connectivity index (χ3v) is 10.7. The van der Waals surface area contributed by atoms with Crippen LogP contribution in [0.1, 0.15) is 132 Å². The van der Waals surface area contributed by atoms with Gasteiger partial charge in [-0.05, 0) is 79.9 Å². The van der Waals surface area contributed by atoms with Crippen molar-refractivity contribution in [2.24, 2.45) is 23.7 Å². The number of likely N-dealkylation sites (tertiary alicyclic amines) is 1. The lowest BCUT2D eigenvalue weighted by Gasteiger charge is -2.34. The van der Waals surface area contributed by atoms with Crippen molar-refractivity contribution in [3.63, 3.8) is 0 Å². The second kappa shape index (κ2) is 26.7. The van der Waals surface area contributed by atoms with Crippen LogP contribution in [0.2, 0.25) is 0 Å². The van der Waals surface area contributed by atoms with Gasteiger partial charge in [0.1, 0.15) is 23.9 Å². The fraction of sp³-hybridized carbons (Fsp3) is 0.717.